The van der Waals surface area contributed by atoms with E-state index in [9.17, 15) is 0 Å². The Morgan fingerprint density at radius 2 is 1.94 bits per heavy atom. The van der Waals surface area contributed by atoms with Crippen molar-refractivity contribution in [1.29, 1.82) is 0 Å². The van der Waals surface area contributed by atoms with Crippen LogP contribution in [0.5, 0.6) is 0 Å². The van der Waals surface area contributed by atoms with Gasteiger partial charge in [0.2, 0.25) is 0 Å². The van der Waals surface area contributed by atoms with Gasteiger partial charge >= 0.3 is 0 Å². The molecule has 5 nitrogen and oxygen atoms in total. The topological polar surface area (TPSA) is 56.5 Å². The number of halogens is 1. The van der Waals surface area contributed by atoms with E-state index in [-0.39, 0.29) is 0 Å². The first-order chi connectivity index (χ1) is 8.38. The predicted molar refractivity (Wildman–Crippen MR) is 64.0 cm³/mol. The first kappa shape index (κ1) is 10.2. The van der Waals surface area contributed by atoms with E-state index in [1.165, 1.54) is 0 Å². The summed E-state index contributed by atoms with van der Waals surface area (Å²) in [5.74, 6) is 0.367. The lowest BCUT2D eigenvalue weighted by molar-refractivity contribution is 0.782. The summed E-state index contributed by atoms with van der Waals surface area (Å²) < 4.78 is 1.70. The zero-order valence-corrected chi connectivity index (χ0v) is 9.54. The van der Waals surface area contributed by atoms with Crippen LogP contribution >= 0.6 is 11.6 Å². The van der Waals surface area contributed by atoms with Crippen molar-refractivity contribution >= 4 is 22.6 Å². The zero-order valence-electron chi connectivity index (χ0n) is 8.79. The average Bonchev–Trinajstić information content (AvgIpc) is 2.86. The highest BCUT2D eigenvalue weighted by atomic mass is 35.5. The molecule has 0 radical (unpaired) electrons. The average molecular weight is 246 g/mol. The molecule has 0 bridgehead atoms. The number of nitrogens with zero attached hydrogens (tertiary/aromatic N) is 5. The van der Waals surface area contributed by atoms with Gasteiger partial charge in [0.1, 0.15) is 0 Å². The Morgan fingerprint density at radius 3 is 2.76 bits per heavy atom. The summed E-state index contributed by atoms with van der Waals surface area (Å²) in [7, 11) is 0. The summed E-state index contributed by atoms with van der Waals surface area (Å²) in [6.07, 6.45) is 4.98. The SMILES string of the molecule is ClCc1cnnn1-c1ccc2nccnc2c1. The second kappa shape index (κ2) is 4.10. The first-order valence-corrected chi connectivity index (χ1v) is 5.58. The van der Waals surface area contributed by atoms with Gasteiger partial charge in [0.15, 0.2) is 0 Å². The maximum Gasteiger partial charge on any atom is 0.0908 e. The van der Waals surface area contributed by atoms with Crippen LogP contribution in [0.1, 0.15) is 5.69 Å². The van der Waals surface area contributed by atoms with E-state index in [2.05, 4.69) is 20.3 Å². The molecule has 84 valence electrons. The molecule has 0 saturated heterocycles. The summed E-state index contributed by atoms with van der Waals surface area (Å²) in [6.45, 7) is 0. The number of hydrogen-bond acceptors (Lipinski definition) is 4. The van der Waals surface area contributed by atoms with Gasteiger partial charge in [-0.25, -0.2) is 4.68 Å². The molecule has 0 N–H and O–H groups in total. The Labute approximate surface area is 102 Å². The van der Waals surface area contributed by atoms with Crippen LogP contribution in [-0.4, -0.2) is 25.0 Å². The van der Waals surface area contributed by atoms with Crippen LogP contribution in [0.4, 0.5) is 0 Å². The van der Waals surface area contributed by atoms with E-state index in [4.69, 9.17) is 11.6 Å². The van der Waals surface area contributed by atoms with Crippen molar-refractivity contribution in [1.82, 2.24) is 25.0 Å². The molecule has 0 atom stereocenters. The van der Waals surface area contributed by atoms with E-state index in [1.54, 1.807) is 23.3 Å². The van der Waals surface area contributed by atoms with Gasteiger partial charge in [-0.15, -0.1) is 16.7 Å². The highest BCUT2D eigenvalue weighted by Gasteiger charge is 2.06. The molecule has 3 rings (SSSR count). The van der Waals surface area contributed by atoms with E-state index in [0.717, 1.165) is 22.4 Å². The summed E-state index contributed by atoms with van der Waals surface area (Å²) >= 11 is 5.81. The minimum Gasteiger partial charge on any atom is -0.253 e. The minimum atomic E-state index is 0.367. The van der Waals surface area contributed by atoms with Crippen LogP contribution < -0.4 is 0 Å². The monoisotopic (exact) mass is 245 g/mol. The summed E-state index contributed by atoms with van der Waals surface area (Å²) in [6, 6.07) is 5.73. The Morgan fingerprint density at radius 1 is 1.12 bits per heavy atom. The molecule has 2 aromatic heterocycles. The molecule has 1 aromatic carbocycles. The molecule has 6 heteroatoms. The van der Waals surface area contributed by atoms with Crippen LogP contribution in [0.25, 0.3) is 16.7 Å². The largest absolute Gasteiger partial charge is 0.253 e. The Bertz CT molecular complexity index is 664. The standard InChI is InChI=1S/C11H8ClN5/c12-6-9-7-15-16-17(9)8-1-2-10-11(5-8)14-4-3-13-10/h1-5,7H,6H2. The predicted octanol–water partition coefficient (Wildman–Crippen LogP) is 1.95. The van der Waals surface area contributed by atoms with Crippen LogP contribution in [0.15, 0.2) is 36.8 Å². The van der Waals surface area contributed by atoms with Crippen LogP contribution in [0.2, 0.25) is 0 Å². The molecule has 0 aliphatic carbocycles. The Hall–Kier alpha value is -2.01. The number of aromatic nitrogens is 5. The third-order valence-corrected chi connectivity index (χ3v) is 2.73. The summed E-state index contributed by atoms with van der Waals surface area (Å²) in [5, 5.41) is 7.84. The first-order valence-electron chi connectivity index (χ1n) is 5.05. The molecule has 17 heavy (non-hydrogen) atoms. The van der Waals surface area contributed by atoms with Gasteiger partial charge in [0.05, 0.1) is 34.5 Å². The van der Waals surface area contributed by atoms with E-state index >= 15 is 0 Å². The van der Waals surface area contributed by atoms with Crippen LogP contribution in [-0.2, 0) is 5.88 Å². The Balaban J connectivity index is 2.18. The lowest BCUT2D eigenvalue weighted by Crippen LogP contribution is -2.01. The fourth-order valence-electron chi connectivity index (χ4n) is 1.65. The molecular weight excluding hydrogens is 238 g/mol. The molecule has 3 aromatic rings. The van der Waals surface area contributed by atoms with Gasteiger partial charge < -0.3 is 0 Å². The smallest absolute Gasteiger partial charge is 0.0908 e. The lowest BCUT2D eigenvalue weighted by atomic mass is 10.2. The molecule has 0 spiro atoms. The van der Waals surface area contributed by atoms with Gasteiger partial charge in [-0.3, -0.25) is 9.97 Å². The molecular formula is C11H8ClN5. The van der Waals surface area contributed by atoms with Crippen molar-refractivity contribution in [3.8, 4) is 5.69 Å². The summed E-state index contributed by atoms with van der Waals surface area (Å²) in [5.41, 5.74) is 3.39. The van der Waals surface area contributed by atoms with Crippen LogP contribution in [0, 0.1) is 0 Å². The number of alkyl halides is 1. The van der Waals surface area contributed by atoms with Gasteiger partial charge in [0.25, 0.3) is 0 Å². The quantitative estimate of drug-likeness (QED) is 0.648. The molecule has 0 aliphatic heterocycles. The van der Waals surface area contributed by atoms with Crippen LogP contribution in [0.3, 0.4) is 0 Å². The number of fused-ring (bicyclic) bond motifs is 1. The highest BCUT2D eigenvalue weighted by molar-refractivity contribution is 6.16. The molecule has 0 amide bonds. The number of rotatable bonds is 2. The van der Waals surface area contributed by atoms with E-state index < -0.39 is 0 Å². The third-order valence-electron chi connectivity index (χ3n) is 2.45. The van der Waals surface area contributed by atoms with Crippen molar-refractivity contribution in [3.63, 3.8) is 0 Å². The van der Waals surface area contributed by atoms with Crippen molar-refractivity contribution in [3.05, 3.63) is 42.5 Å². The normalized spacial score (nSPS) is 10.9. The highest BCUT2D eigenvalue weighted by Crippen LogP contribution is 2.16. The maximum absolute atomic E-state index is 5.81. The van der Waals surface area contributed by atoms with E-state index in [1.807, 2.05) is 18.2 Å². The van der Waals surface area contributed by atoms with E-state index in [0.29, 0.717) is 5.88 Å². The fraction of sp³-hybridized carbons (Fsp3) is 0.0909. The molecule has 0 aliphatic rings. The third kappa shape index (κ3) is 1.74. The molecule has 0 fully saturated rings. The van der Waals surface area contributed by atoms with Gasteiger partial charge in [-0.2, -0.15) is 0 Å². The summed E-state index contributed by atoms with van der Waals surface area (Å²) in [4.78, 5) is 8.46. The van der Waals surface area contributed by atoms with Gasteiger partial charge in [-0.05, 0) is 18.2 Å². The van der Waals surface area contributed by atoms with Crippen molar-refractivity contribution in [2.45, 2.75) is 5.88 Å². The molecule has 0 saturated carbocycles. The zero-order chi connectivity index (χ0) is 11.7. The van der Waals surface area contributed by atoms with Crippen molar-refractivity contribution in [2.24, 2.45) is 0 Å². The Kier molecular flexibility index (Phi) is 2.45. The second-order valence-electron chi connectivity index (χ2n) is 3.50. The van der Waals surface area contributed by atoms with Crippen molar-refractivity contribution < 1.29 is 0 Å². The van der Waals surface area contributed by atoms with Gasteiger partial charge in [-0.1, -0.05) is 5.21 Å². The molecule has 0 unspecified atom stereocenters. The number of benzene rings is 1. The second-order valence-corrected chi connectivity index (χ2v) is 3.77. The fourth-order valence-corrected chi connectivity index (χ4v) is 1.83. The number of hydrogen-bond donors (Lipinski definition) is 0. The molecule has 2 heterocycles. The van der Waals surface area contributed by atoms with Crippen molar-refractivity contribution in [2.75, 3.05) is 0 Å². The minimum absolute atomic E-state index is 0.367. The van der Waals surface area contributed by atoms with Gasteiger partial charge in [0, 0.05) is 12.4 Å². The lowest BCUT2D eigenvalue weighted by Gasteiger charge is -2.04. The maximum atomic E-state index is 5.81.